The Morgan fingerprint density at radius 1 is 0.966 bits per heavy atom. The molecule has 1 saturated carbocycles. The number of ketones is 1. The Bertz CT molecular complexity index is 1090. The molecular weight excluding hydrogens is 380 g/mol. The van der Waals surface area contributed by atoms with Gasteiger partial charge < -0.3 is 4.42 Å². The summed E-state index contributed by atoms with van der Waals surface area (Å²) in [7, 11) is -1.45. The summed E-state index contributed by atoms with van der Waals surface area (Å²) in [6.45, 7) is 1.99. The lowest BCUT2D eigenvalue weighted by Gasteiger charge is -2.27. The SMILES string of the molecule is Cc1ccc(S(=O)c2ccoc2C(=O)[C@H]2[C@H](c3ccccc3)[C@H]3C=C[C@@H]2C3)cc1. The van der Waals surface area contributed by atoms with Gasteiger partial charge in [0, 0.05) is 16.7 Å². The molecule has 29 heavy (non-hydrogen) atoms. The highest BCUT2D eigenvalue weighted by Crippen LogP contribution is 2.54. The number of fused-ring (bicyclic) bond motifs is 2. The molecule has 5 atom stereocenters. The Labute approximate surface area is 172 Å². The lowest BCUT2D eigenvalue weighted by Crippen LogP contribution is -2.26. The van der Waals surface area contributed by atoms with Crippen LogP contribution in [0.5, 0.6) is 0 Å². The summed E-state index contributed by atoms with van der Waals surface area (Å²) in [5.74, 6) is 0.768. The highest BCUT2D eigenvalue weighted by Gasteiger charge is 2.49. The molecule has 5 rings (SSSR count). The summed E-state index contributed by atoms with van der Waals surface area (Å²) in [6, 6.07) is 19.5. The van der Waals surface area contributed by atoms with Crippen LogP contribution in [0.25, 0.3) is 0 Å². The second kappa shape index (κ2) is 7.27. The molecule has 3 aromatic rings. The molecule has 3 nitrogen and oxygen atoms in total. The van der Waals surface area contributed by atoms with Gasteiger partial charge in [-0.1, -0.05) is 60.2 Å². The van der Waals surface area contributed by atoms with Gasteiger partial charge in [-0.25, -0.2) is 4.21 Å². The number of aryl methyl sites for hydroxylation is 1. The highest BCUT2D eigenvalue weighted by molar-refractivity contribution is 7.85. The van der Waals surface area contributed by atoms with E-state index in [1.165, 1.54) is 11.8 Å². The average molecular weight is 403 g/mol. The first kappa shape index (κ1) is 18.3. The topological polar surface area (TPSA) is 47.3 Å². The van der Waals surface area contributed by atoms with Gasteiger partial charge in [0.1, 0.15) is 0 Å². The van der Waals surface area contributed by atoms with E-state index in [9.17, 15) is 9.00 Å². The van der Waals surface area contributed by atoms with Crippen LogP contribution in [0.2, 0.25) is 0 Å². The first-order valence-corrected chi connectivity index (χ1v) is 11.1. The van der Waals surface area contributed by atoms with Crippen molar-refractivity contribution in [1.82, 2.24) is 0 Å². The first-order chi connectivity index (χ1) is 14.1. The maximum Gasteiger partial charge on any atom is 0.203 e. The minimum Gasteiger partial charge on any atom is -0.460 e. The third-order valence-corrected chi connectivity index (χ3v) is 7.66. The van der Waals surface area contributed by atoms with Crippen molar-refractivity contribution in [3.05, 3.63) is 96.0 Å². The molecule has 4 heteroatoms. The summed E-state index contributed by atoms with van der Waals surface area (Å²) in [5, 5.41) is 0. The van der Waals surface area contributed by atoms with Crippen molar-refractivity contribution in [1.29, 1.82) is 0 Å². The van der Waals surface area contributed by atoms with Crippen molar-refractivity contribution in [2.45, 2.75) is 29.1 Å². The largest absolute Gasteiger partial charge is 0.460 e. The van der Waals surface area contributed by atoms with E-state index in [1.54, 1.807) is 6.07 Å². The average Bonchev–Trinajstić information content (AvgIpc) is 3.49. The molecule has 2 aliphatic carbocycles. The Balaban J connectivity index is 1.50. The van der Waals surface area contributed by atoms with E-state index >= 15 is 0 Å². The number of carbonyl (C=O) groups excluding carboxylic acids is 1. The van der Waals surface area contributed by atoms with Crippen LogP contribution >= 0.6 is 0 Å². The van der Waals surface area contributed by atoms with Gasteiger partial charge in [-0.05, 0) is 48.9 Å². The fourth-order valence-corrected chi connectivity index (χ4v) is 6.01. The van der Waals surface area contributed by atoms with E-state index < -0.39 is 10.8 Å². The smallest absolute Gasteiger partial charge is 0.203 e. The zero-order chi connectivity index (χ0) is 20.0. The van der Waals surface area contributed by atoms with Crippen LogP contribution in [0.15, 0.2) is 93.3 Å². The normalized spacial score (nSPS) is 26.0. The number of allylic oxidation sites excluding steroid dienone is 2. The van der Waals surface area contributed by atoms with Crippen molar-refractivity contribution in [3.63, 3.8) is 0 Å². The molecule has 0 radical (unpaired) electrons. The molecule has 1 aromatic heterocycles. The zero-order valence-corrected chi connectivity index (χ0v) is 17.0. The van der Waals surface area contributed by atoms with Crippen LogP contribution in [0.3, 0.4) is 0 Å². The van der Waals surface area contributed by atoms with Crippen molar-refractivity contribution >= 4 is 16.6 Å². The molecule has 0 saturated heterocycles. The van der Waals surface area contributed by atoms with E-state index in [1.807, 2.05) is 49.4 Å². The zero-order valence-electron chi connectivity index (χ0n) is 16.2. The standard InChI is InChI=1S/C25H22O3S/c1-16-7-11-20(12-8-16)29(27)21-13-14-28-25(21)24(26)23-19-10-9-18(15-19)22(23)17-5-3-2-4-6-17/h2-14,18-19,22-23H,15H2,1H3/t18-,19+,22+,23+,29?/m0/s1. The lowest BCUT2D eigenvalue weighted by molar-refractivity contribution is 0.0853. The van der Waals surface area contributed by atoms with E-state index in [-0.39, 0.29) is 29.3 Å². The van der Waals surface area contributed by atoms with Gasteiger partial charge in [-0.15, -0.1) is 0 Å². The quantitative estimate of drug-likeness (QED) is 0.416. The highest BCUT2D eigenvalue weighted by atomic mass is 32.2. The minimum absolute atomic E-state index is 0.0313. The number of rotatable bonds is 5. The molecule has 2 bridgehead atoms. The Morgan fingerprint density at radius 2 is 1.69 bits per heavy atom. The number of benzene rings is 2. The predicted molar refractivity (Wildman–Crippen MR) is 112 cm³/mol. The van der Waals surface area contributed by atoms with Crippen LogP contribution in [0.1, 0.15) is 34.0 Å². The van der Waals surface area contributed by atoms with Crippen molar-refractivity contribution in [2.75, 3.05) is 0 Å². The monoisotopic (exact) mass is 402 g/mol. The summed E-state index contributed by atoms with van der Waals surface area (Å²) in [4.78, 5) is 14.8. The molecular formula is C25H22O3S. The first-order valence-electron chi connectivity index (χ1n) is 9.97. The second-order valence-corrected chi connectivity index (χ2v) is 9.42. The Hall–Kier alpha value is -2.72. The fourth-order valence-electron chi connectivity index (χ4n) is 4.87. The minimum atomic E-state index is -1.45. The number of hydrogen-bond donors (Lipinski definition) is 0. The molecule has 2 aromatic carbocycles. The van der Waals surface area contributed by atoms with Crippen LogP contribution in [-0.4, -0.2) is 9.99 Å². The summed E-state index contributed by atoms with van der Waals surface area (Å²) < 4.78 is 18.8. The Kier molecular flexibility index (Phi) is 4.59. The van der Waals surface area contributed by atoms with E-state index in [2.05, 4.69) is 24.3 Å². The third kappa shape index (κ3) is 3.12. The number of Topliss-reactive ketones (excluding diaryl/α,β-unsaturated/α-hetero) is 1. The summed E-state index contributed by atoms with van der Waals surface area (Å²) >= 11 is 0. The van der Waals surface area contributed by atoms with Crippen molar-refractivity contribution in [3.8, 4) is 0 Å². The van der Waals surface area contributed by atoms with E-state index in [4.69, 9.17) is 4.42 Å². The van der Waals surface area contributed by atoms with Crippen molar-refractivity contribution < 1.29 is 13.4 Å². The van der Waals surface area contributed by atoms with Gasteiger partial charge in [0.05, 0.1) is 22.0 Å². The van der Waals surface area contributed by atoms with Crippen LogP contribution < -0.4 is 0 Å². The fraction of sp³-hybridized carbons (Fsp3) is 0.240. The molecule has 0 amide bonds. The number of furan rings is 1. The summed E-state index contributed by atoms with van der Waals surface area (Å²) in [6.07, 6.45) is 6.90. The molecule has 0 spiro atoms. The van der Waals surface area contributed by atoms with E-state index in [0.717, 1.165) is 12.0 Å². The molecule has 1 heterocycles. The molecule has 0 N–H and O–H groups in total. The van der Waals surface area contributed by atoms with Crippen LogP contribution in [0, 0.1) is 24.7 Å². The molecule has 2 aliphatic rings. The van der Waals surface area contributed by atoms with Gasteiger partial charge in [-0.3, -0.25) is 4.79 Å². The predicted octanol–water partition coefficient (Wildman–Crippen LogP) is 5.54. The molecule has 146 valence electrons. The van der Waals surface area contributed by atoms with Gasteiger partial charge in [0.15, 0.2) is 5.76 Å². The number of hydrogen-bond acceptors (Lipinski definition) is 3. The van der Waals surface area contributed by atoms with Gasteiger partial charge >= 0.3 is 0 Å². The van der Waals surface area contributed by atoms with Gasteiger partial charge in [0.2, 0.25) is 5.78 Å². The lowest BCUT2D eigenvalue weighted by atomic mass is 9.76. The maximum absolute atomic E-state index is 13.6. The van der Waals surface area contributed by atoms with Gasteiger partial charge in [-0.2, -0.15) is 0 Å². The summed E-state index contributed by atoms with van der Waals surface area (Å²) in [5.41, 5.74) is 2.30. The Morgan fingerprint density at radius 3 is 2.45 bits per heavy atom. The third-order valence-electron chi connectivity index (χ3n) is 6.23. The van der Waals surface area contributed by atoms with Crippen LogP contribution in [0.4, 0.5) is 0 Å². The molecule has 1 fully saturated rings. The van der Waals surface area contributed by atoms with Gasteiger partial charge in [0.25, 0.3) is 0 Å². The number of carbonyl (C=O) groups is 1. The van der Waals surface area contributed by atoms with Crippen molar-refractivity contribution in [2.24, 2.45) is 17.8 Å². The second-order valence-electron chi connectivity index (χ2n) is 7.97. The maximum atomic E-state index is 13.6. The molecule has 0 aliphatic heterocycles. The van der Waals surface area contributed by atoms with E-state index in [0.29, 0.717) is 15.7 Å². The van der Waals surface area contributed by atoms with Crippen LogP contribution in [-0.2, 0) is 10.8 Å². The molecule has 1 unspecified atom stereocenters.